The van der Waals surface area contributed by atoms with Gasteiger partial charge in [-0.15, -0.1) is 0 Å². The van der Waals surface area contributed by atoms with Crippen LogP contribution in [0.25, 0.3) is 0 Å². The van der Waals surface area contributed by atoms with Gasteiger partial charge in [0.25, 0.3) is 10.0 Å². The molecule has 0 aliphatic heterocycles. The molecule has 0 amide bonds. The van der Waals surface area contributed by atoms with E-state index in [0.29, 0.717) is 15.8 Å². The van der Waals surface area contributed by atoms with E-state index in [9.17, 15) is 18.3 Å². The Morgan fingerprint density at radius 1 is 1.22 bits per heavy atom. The van der Waals surface area contributed by atoms with Crippen molar-refractivity contribution in [3.05, 3.63) is 52.0 Å². The number of hydrogen-bond donors (Lipinski definition) is 2. The van der Waals surface area contributed by atoms with Gasteiger partial charge in [0, 0.05) is 4.47 Å². The zero-order valence-electron chi connectivity index (χ0n) is 12.3. The number of aromatic carboxylic acids is 1. The maximum Gasteiger partial charge on any atom is 0.337 e. The summed E-state index contributed by atoms with van der Waals surface area (Å²) in [6, 6.07) is 8.82. The van der Waals surface area contributed by atoms with E-state index in [-0.39, 0.29) is 16.1 Å². The van der Waals surface area contributed by atoms with Gasteiger partial charge in [-0.3, -0.25) is 4.72 Å². The van der Waals surface area contributed by atoms with Gasteiger partial charge in [-0.25, -0.2) is 13.2 Å². The van der Waals surface area contributed by atoms with E-state index in [1.165, 1.54) is 37.4 Å². The van der Waals surface area contributed by atoms with Gasteiger partial charge < -0.3 is 9.84 Å². The van der Waals surface area contributed by atoms with Crippen molar-refractivity contribution in [1.82, 2.24) is 0 Å². The predicted octanol–water partition coefficient (Wildman–Crippen LogP) is 3.27. The highest BCUT2D eigenvalue weighted by Gasteiger charge is 2.21. The second-order valence-corrected chi connectivity index (χ2v) is 7.29. The Balaban J connectivity index is 2.46. The number of halogens is 1. The molecule has 0 saturated heterocycles. The van der Waals surface area contributed by atoms with Crippen LogP contribution in [-0.4, -0.2) is 26.6 Å². The van der Waals surface area contributed by atoms with Gasteiger partial charge in [0.2, 0.25) is 0 Å². The van der Waals surface area contributed by atoms with E-state index >= 15 is 0 Å². The van der Waals surface area contributed by atoms with Crippen molar-refractivity contribution < 1.29 is 23.1 Å². The molecule has 0 radical (unpaired) electrons. The number of carboxylic acids is 1. The number of nitrogens with one attached hydrogen (secondary N) is 1. The molecule has 0 aliphatic rings. The number of benzene rings is 2. The molecule has 0 heterocycles. The maximum absolute atomic E-state index is 12.4. The minimum atomic E-state index is -3.93. The number of hydrogen-bond acceptors (Lipinski definition) is 4. The van der Waals surface area contributed by atoms with Crippen LogP contribution in [0.2, 0.25) is 0 Å². The molecule has 0 aliphatic carbocycles. The molecular formula is C15H14BrNO5S. The number of carboxylic acid groups (broad SMARTS) is 1. The normalized spacial score (nSPS) is 11.1. The van der Waals surface area contributed by atoms with Crippen molar-refractivity contribution in [2.24, 2.45) is 0 Å². The van der Waals surface area contributed by atoms with Crippen molar-refractivity contribution in [3.63, 3.8) is 0 Å². The molecule has 0 aromatic heterocycles. The third-order valence-corrected chi connectivity index (χ3v) is 5.06. The summed E-state index contributed by atoms with van der Waals surface area (Å²) >= 11 is 3.20. The molecule has 2 N–H and O–H groups in total. The van der Waals surface area contributed by atoms with Crippen molar-refractivity contribution in [2.75, 3.05) is 11.8 Å². The summed E-state index contributed by atoms with van der Waals surface area (Å²) in [5.41, 5.74) is 0.551. The Hall–Kier alpha value is -2.06. The van der Waals surface area contributed by atoms with Crippen molar-refractivity contribution in [1.29, 1.82) is 0 Å². The average molecular weight is 400 g/mol. The van der Waals surface area contributed by atoms with Crippen molar-refractivity contribution in [3.8, 4) is 5.75 Å². The maximum atomic E-state index is 12.4. The highest BCUT2D eigenvalue weighted by molar-refractivity contribution is 9.10. The molecule has 2 aromatic carbocycles. The first-order valence-electron chi connectivity index (χ1n) is 6.45. The Labute approximate surface area is 142 Å². The highest BCUT2D eigenvalue weighted by atomic mass is 79.9. The van der Waals surface area contributed by atoms with E-state index in [2.05, 4.69) is 20.7 Å². The van der Waals surface area contributed by atoms with Crippen LogP contribution >= 0.6 is 15.9 Å². The van der Waals surface area contributed by atoms with E-state index in [1.54, 1.807) is 13.0 Å². The van der Waals surface area contributed by atoms with Crippen LogP contribution in [-0.2, 0) is 10.0 Å². The summed E-state index contributed by atoms with van der Waals surface area (Å²) in [5, 5.41) is 9.28. The van der Waals surface area contributed by atoms with E-state index < -0.39 is 16.0 Å². The third kappa shape index (κ3) is 3.83. The zero-order valence-corrected chi connectivity index (χ0v) is 14.7. The van der Waals surface area contributed by atoms with Crippen LogP contribution in [0.1, 0.15) is 15.9 Å². The Bertz CT molecular complexity index is 847. The number of rotatable bonds is 5. The topological polar surface area (TPSA) is 92.7 Å². The minimum Gasteiger partial charge on any atom is -0.497 e. The summed E-state index contributed by atoms with van der Waals surface area (Å²) in [5.74, 6) is -0.700. The molecule has 2 aromatic rings. The van der Waals surface area contributed by atoms with Crippen LogP contribution in [0.15, 0.2) is 45.8 Å². The molecule has 0 atom stereocenters. The monoisotopic (exact) mass is 399 g/mol. The molecule has 8 heteroatoms. The van der Waals surface area contributed by atoms with Crippen LogP contribution in [0.5, 0.6) is 5.75 Å². The molecule has 0 spiro atoms. The molecule has 0 bridgehead atoms. The van der Waals surface area contributed by atoms with Crippen LogP contribution in [0.3, 0.4) is 0 Å². The first-order valence-corrected chi connectivity index (χ1v) is 8.72. The molecule has 6 nitrogen and oxygen atoms in total. The molecular weight excluding hydrogens is 386 g/mol. The summed E-state index contributed by atoms with van der Waals surface area (Å²) < 4.78 is 32.6. The van der Waals surface area contributed by atoms with Gasteiger partial charge in [0.1, 0.15) is 5.75 Å². The average Bonchev–Trinajstić information content (AvgIpc) is 2.49. The lowest BCUT2D eigenvalue weighted by molar-refractivity contribution is 0.0698. The predicted molar refractivity (Wildman–Crippen MR) is 89.6 cm³/mol. The van der Waals surface area contributed by atoms with Gasteiger partial charge in [0.05, 0.1) is 23.3 Å². The largest absolute Gasteiger partial charge is 0.497 e. The number of anilines is 1. The quantitative estimate of drug-likeness (QED) is 0.804. The van der Waals surface area contributed by atoms with Crippen LogP contribution in [0, 0.1) is 6.92 Å². The molecule has 0 fully saturated rings. The summed E-state index contributed by atoms with van der Waals surface area (Å²) in [6.45, 7) is 1.72. The number of aryl methyl sites for hydroxylation is 1. The first kappa shape index (κ1) is 17.3. The Morgan fingerprint density at radius 3 is 2.35 bits per heavy atom. The number of sulfonamides is 1. The fourth-order valence-electron chi connectivity index (χ4n) is 1.96. The number of carbonyl (C=O) groups is 1. The molecule has 0 unspecified atom stereocenters. The molecule has 122 valence electrons. The molecule has 2 rings (SSSR count). The smallest absolute Gasteiger partial charge is 0.337 e. The standard InChI is InChI=1S/C15H14BrNO5S/c1-9-7-12(15(18)19)14(13(16)8-9)17-23(20,21)11-5-3-10(22-2)4-6-11/h3-8,17H,1-2H3,(H,18,19). The van der Waals surface area contributed by atoms with Gasteiger partial charge in [-0.05, 0) is 64.8 Å². The van der Waals surface area contributed by atoms with E-state index in [0.717, 1.165) is 0 Å². The Morgan fingerprint density at radius 2 is 1.83 bits per heavy atom. The van der Waals surface area contributed by atoms with Crippen molar-refractivity contribution in [2.45, 2.75) is 11.8 Å². The zero-order chi connectivity index (χ0) is 17.2. The fourth-order valence-corrected chi connectivity index (χ4v) is 3.87. The fraction of sp³-hybridized carbons (Fsp3) is 0.133. The van der Waals surface area contributed by atoms with Gasteiger partial charge in [-0.2, -0.15) is 0 Å². The Kier molecular flexibility index (Phi) is 4.96. The van der Waals surface area contributed by atoms with Gasteiger partial charge >= 0.3 is 5.97 Å². The lowest BCUT2D eigenvalue weighted by Gasteiger charge is -2.13. The summed E-state index contributed by atoms with van der Waals surface area (Å²) in [4.78, 5) is 11.4. The number of ether oxygens (including phenoxy) is 1. The van der Waals surface area contributed by atoms with E-state index in [1.807, 2.05) is 0 Å². The highest BCUT2D eigenvalue weighted by Crippen LogP contribution is 2.30. The molecule has 0 saturated carbocycles. The first-order chi connectivity index (χ1) is 10.7. The SMILES string of the molecule is COc1ccc(S(=O)(=O)Nc2c(Br)cc(C)cc2C(=O)O)cc1. The lowest BCUT2D eigenvalue weighted by atomic mass is 10.1. The van der Waals surface area contributed by atoms with Crippen molar-refractivity contribution >= 4 is 37.6 Å². The second-order valence-electron chi connectivity index (χ2n) is 4.76. The van der Waals surface area contributed by atoms with Crippen LogP contribution < -0.4 is 9.46 Å². The second kappa shape index (κ2) is 6.59. The molecule has 23 heavy (non-hydrogen) atoms. The van der Waals surface area contributed by atoms with Gasteiger partial charge in [-0.1, -0.05) is 0 Å². The van der Waals surface area contributed by atoms with Gasteiger partial charge in [0.15, 0.2) is 0 Å². The van der Waals surface area contributed by atoms with E-state index in [4.69, 9.17) is 4.74 Å². The van der Waals surface area contributed by atoms with Crippen LogP contribution in [0.4, 0.5) is 5.69 Å². The summed E-state index contributed by atoms with van der Waals surface area (Å²) in [7, 11) is -2.45. The lowest BCUT2D eigenvalue weighted by Crippen LogP contribution is -2.16. The number of methoxy groups -OCH3 is 1. The third-order valence-electron chi connectivity index (χ3n) is 3.07. The summed E-state index contributed by atoms with van der Waals surface area (Å²) in [6.07, 6.45) is 0. The minimum absolute atomic E-state index is 0.00196.